The molecule has 1 aromatic rings. The molecule has 0 spiro atoms. The van der Waals surface area contributed by atoms with Crippen LogP contribution in [0.3, 0.4) is 0 Å². The highest BCUT2D eigenvalue weighted by Crippen LogP contribution is 2.37. The molecule has 0 aromatic carbocycles. The van der Waals surface area contributed by atoms with Crippen LogP contribution in [0.25, 0.3) is 0 Å². The van der Waals surface area contributed by atoms with Gasteiger partial charge in [0.05, 0.1) is 12.2 Å². The molecule has 0 bridgehead atoms. The maximum Gasteiger partial charge on any atom is 0.225 e. The van der Waals surface area contributed by atoms with Crippen molar-refractivity contribution in [3.63, 3.8) is 0 Å². The van der Waals surface area contributed by atoms with Crippen LogP contribution in [-0.4, -0.2) is 32.2 Å². The van der Waals surface area contributed by atoms with Crippen molar-refractivity contribution >= 4 is 5.91 Å². The molecule has 2 rings (SSSR count). The van der Waals surface area contributed by atoms with Crippen molar-refractivity contribution in [2.75, 3.05) is 0 Å². The van der Waals surface area contributed by atoms with E-state index in [1.54, 1.807) is 0 Å². The smallest absolute Gasteiger partial charge is 0.225 e. The number of carbonyl (C=O) groups excluding carboxylic acids is 1. The Kier molecular flexibility index (Phi) is 3.67. The van der Waals surface area contributed by atoms with Gasteiger partial charge in [0.2, 0.25) is 5.91 Å². The molecule has 1 fully saturated rings. The average molecular weight is 264 g/mol. The zero-order valence-corrected chi connectivity index (χ0v) is 12.3. The molecule has 106 valence electrons. The monoisotopic (exact) mass is 264 g/mol. The molecule has 1 aromatic heterocycles. The fourth-order valence-electron chi connectivity index (χ4n) is 2.83. The summed E-state index contributed by atoms with van der Waals surface area (Å²) in [5, 5.41) is 4.35. The molecule has 0 aliphatic carbocycles. The van der Waals surface area contributed by atoms with Gasteiger partial charge in [0.25, 0.3) is 0 Å². The lowest BCUT2D eigenvalue weighted by Crippen LogP contribution is -2.45. The van der Waals surface area contributed by atoms with Gasteiger partial charge in [0.1, 0.15) is 0 Å². The van der Waals surface area contributed by atoms with Gasteiger partial charge >= 0.3 is 0 Å². The number of aromatic nitrogens is 2. The second kappa shape index (κ2) is 4.96. The van der Waals surface area contributed by atoms with Gasteiger partial charge < -0.3 is 10.6 Å². The molecular weight excluding hydrogens is 240 g/mol. The largest absolute Gasteiger partial charge is 0.329 e. The summed E-state index contributed by atoms with van der Waals surface area (Å²) in [5.41, 5.74) is 7.00. The molecule has 5 nitrogen and oxygen atoms in total. The van der Waals surface area contributed by atoms with Gasteiger partial charge in [-0.2, -0.15) is 5.10 Å². The zero-order chi connectivity index (χ0) is 14.2. The molecule has 2 atom stereocenters. The van der Waals surface area contributed by atoms with Gasteiger partial charge in [-0.25, -0.2) is 0 Å². The lowest BCUT2D eigenvalue weighted by atomic mass is 9.99. The predicted octanol–water partition coefficient (Wildman–Crippen LogP) is 1.69. The van der Waals surface area contributed by atoms with E-state index in [1.807, 2.05) is 42.7 Å². The fraction of sp³-hybridized carbons (Fsp3) is 0.714. The Morgan fingerprint density at radius 3 is 2.74 bits per heavy atom. The highest BCUT2D eigenvalue weighted by molar-refractivity contribution is 5.81. The minimum atomic E-state index is -0.220. The second-order valence-corrected chi connectivity index (χ2v) is 6.28. The van der Waals surface area contributed by atoms with Crippen LogP contribution >= 0.6 is 0 Å². The van der Waals surface area contributed by atoms with Gasteiger partial charge in [-0.1, -0.05) is 6.92 Å². The Labute approximate surface area is 114 Å². The number of nitrogens with two attached hydrogens (primary N) is 1. The Morgan fingerprint density at radius 2 is 2.16 bits per heavy atom. The first-order valence-electron chi connectivity index (χ1n) is 6.94. The van der Waals surface area contributed by atoms with Crippen LogP contribution in [0.1, 0.15) is 52.1 Å². The topological polar surface area (TPSA) is 64.2 Å². The average Bonchev–Trinajstić information content (AvgIpc) is 2.82. The van der Waals surface area contributed by atoms with Crippen LogP contribution in [0, 0.1) is 0 Å². The lowest BCUT2D eigenvalue weighted by Gasteiger charge is -2.37. The summed E-state index contributed by atoms with van der Waals surface area (Å²) in [7, 11) is 0. The van der Waals surface area contributed by atoms with Crippen molar-refractivity contribution < 1.29 is 4.79 Å². The highest BCUT2D eigenvalue weighted by Gasteiger charge is 2.44. The molecule has 2 heterocycles. The van der Waals surface area contributed by atoms with E-state index in [0.717, 1.165) is 18.5 Å². The molecule has 2 unspecified atom stereocenters. The van der Waals surface area contributed by atoms with Crippen LogP contribution in [0.15, 0.2) is 12.4 Å². The summed E-state index contributed by atoms with van der Waals surface area (Å²) in [6.45, 7) is 9.16. The van der Waals surface area contributed by atoms with Gasteiger partial charge in [-0.15, -0.1) is 0 Å². The van der Waals surface area contributed by atoms with Crippen molar-refractivity contribution in [1.29, 1.82) is 0 Å². The van der Waals surface area contributed by atoms with Crippen molar-refractivity contribution in [2.45, 2.75) is 64.7 Å². The van der Waals surface area contributed by atoms with Crippen LogP contribution in [-0.2, 0) is 11.3 Å². The Balaban J connectivity index is 2.31. The maximum atomic E-state index is 12.2. The molecule has 19 heavy (non-hydrogen) atoms. The Bertz CT molecular complexity index is 460. The number of rotatable bonds is 3. The van der Waals surface area contributed by atoms with E-state index in [0.29, 0.717) is 6.42 Å². The maximum absolute atomic E-state index is 12.2. The van der Waals surface area contributed by atoms with Crippen molar-refractivity contribution in [3.8, 4) is 0 Å². The number of likely N-dealkylation sites (tertiary alicyclic amines) is 1. The Morgan fingerprint density at radius 1 is 1.47 bits per heavy atom. The predicted molar refractivity (Wildman–Crippen MR) is 74.5 cm³/mol. The number of aryl methyl sites for hydroxylation is 1. The van der Waals surface area contributed by atoms with Crippen molar-refractivity contribution in [1.82, 2.24) is 14.7 Å². The minimum absolute atomic E-state index is 0.0573. The molecule has 1 aliphatic rings. The summed E-state index contributed by atoms with van der Waals surface area (Å²) < 4.78 is 1.92. The van der Waals surface area contributed by atoms with Gasteiger partial charge in [-0.05, 0) is 27.2 Å². The summed E-state index contributed by atoms with van der Waals surface area (Å²) in [4.78, 5) is 14.1. The number of hydrogen-bond donors (Lipinski definition) is 1. The van der Waals surface area contributed by atoms with Gasteiger partial charge in [0.15, 0.2) is 0 Å². The molecule has 1 aliphatic heterocycles. The second-order valence-electron chi connectivity index (χ2n) is 6.28. The van der Waals surface area contributed by atoms with E-state index < -0.39 is 0 Å². The minimum Gasteiger partial charge on any atom is -0.329 e. The first kappa shape index (κ1) is 14.1. The number of amides is 1. The van der Waals surface area contributed by atoms with Gasteiger partial charge in [-0.3, -0.25) is 9.48 Å². The van der Waals surface area contributed by atoms with Crippen LogP contribution in [0.5, 0.6) is 0 Å². The fourth-order valence-corrected chi connectivity index (χ4v) is 2.83. The first-order chi connectivity index (χ1) is 8.84. The molecule has 1 saturated heterocycles. The summed E-state index contributed by atoms with van der Waals surface area (Å²) in [6.07, 6.45) is 5.32. The standard InChI is InChI=1S/C14H24N4O/c1-5-6-17-9-10(8-16-17)13-11(15)7-12(19)18(13)14(2,3)4/h8-9,11,13H,5-7,15H2,1-4H3. The van der Waals surface area contributed by atoms with Crippen molar-refractivity contribution in [3.05, 3.63) is 18.0 Å². The summed E-state index contributed by atoms with van der Waals surface area (Å²) in [5.74, 6) is 0.133. The van der Waals surface area contributed by atoms with E-state index in [-0.39, 0.29) is 23.5 Å². The number of hydrogen-bond acceptors (Lipinski definition) is 3. The van der Waals surface area contributed by atoms with E-state index in [4.69, 9.17) is 5.73 Å². The molecule has 2 N–H and O–H groups in total. The number of nitrogens with zero attached hydrogens (tertiary/aromatic N) is 3. The van der Waals surface area contributed by atoms with Gasteiger partial charge in [0, 0.05) is 36.3 Å². The molecule has 5 heteroatoms. The zero-order valence-electron chi connectivity index (χ0n) is 12.3. The number of carbonyl (C=O) groups is 1. The first-order valence-corrected chi connectivity index (χ1v) is 6.94. The highest BCUT2D eigenvalue weighted by atomic mass is 16.2. The molecule has 1 amide bonds. The lowest BCUT2D eigenvalue weighted by molar-refractivity contribution is -0.133. The van der Waals surface area contributed by atoms with E-state index in [2.05, 4.69) is 12.0 Å². The molecular formula is C14H24N4O. The SMILES string of the molecule is CCCn1cc(C2C(N)CC(=O)N2C(C)(C)C)cn1. The van der Waals surface area contributed by atoms with Crippen LogP contribution in [0.2, 0.25) is 0 Å². The quantitative estimate of drug-likeness (QED) is 0.903. The van der Waals surface area contributed by atoms with Crippen molar-refractivity contribution in [2.24, 2.45) is 5.73 Å². The molecule has 0 radical (unpaired) electrons. The third-order valence-electron chi connectivity index (χ3n) is 3.53. The normalized spacial score (nSPS) is 24.3. The van der Waals surface area contributed by atoms with E-state index in [9.17, 15) is 4.79 Å². The third-order valence-corrected chi connectivity index (χ3v) is 3.53. The van der Waals surface area contributed by atoms with E-state index >= 15 is 0 Å². The summed E-state index contributed by atoms with van der Waals surface area (Å²) >= 11 is 0. The third kappa shape index (κ3) is 2.66. The molecule has 0 saturated carbocycles. The van der Waals surface area contributed by atoms with Crippen LogP contribution < -0.4 is 5.73 Å². The van der Waals surface area contributed by atoms with Crippen LogP contribution in [0.4, 0.5) is 0 Å². The summed E-state index contributed by atoms with van der Waals surface area (Å²) in [6, 6.07) is -0.205. The van der Waals surface area contributed by atoms with E-state index in [1.165, 1.54) is 0 Å². The Hall–Kier alpha value is -1.36.